The zero-order valence-electron chi connectivity index (χ0n) is 12.6. The van der Waals surface area contributed by atoms with Crippen LogP contribution < -0.4 is 4.74 Å². The average Bonchev–Trinajstić information content (AvgIpc) is 2.53. The largest absolute Gasteiger partial charge is 0.496 e. The first-order valence-corrected chi connectivity index (χ1v) is 7.50. The zero-order chi connectivity index (χ0) is 14.4. The first-order chi connectivity index (χ1) is 9.74. The number of ether oxygens (including phenoxy) is 1. The molecule has 0 radical (unpaired) electrons. The monoisotopic (exact) mass is 278 g/mol. The maximum atomic E-state index is 10.3. The number of likely N-dealkylation sites (N-methyl/N-ethyl adjacent to an activating group) is 1. The molecule has 20 heavy (non-hydrogen) atoms. The quantitative estimate of drug-likeness (QED) is 0.860. The van der Waals surface area contributed by atoms with Gasteiger partial charge in [0.2, 0.25) is 0 Å². The maximum Gasteiger partial charge on any atom is 0.124 e. The number of methoxy groups -OCH3 is 1. The molecular formula is C16H26N2O2. The standard InChI is InChI=1S/C16H26N2O2/c1-3-17-10-12-18(13-11-17)9-8-15(19)14-6-4-5-7-16(14)20-2/h4-7,15,19H,3,8-13H2,1-2H3. The summed E-state index contributed by atoms with van der Waals surface area (Å²) >= 11 is 0. The van der Waals surface area contributed by atoms with Crippen LogP contribution in [0.4, 0.5) is 0 Å². The molecule has 0 amide bonds. The highest BCUT2D eigenvalue weighted by Crippen LogP contribution is 2.26. The van der Waals surface area contributed by atoms with Gasteiger partial charge in [-0.1, -0.05) is 25.1 Å². The van der Waals surface area contributed by atoms with Gasteiger partial charge in [0.15, 0.2) is 0 Å². The number of aliphatic hydroxyl groups excluding tert-OH is 1. The van der Waals surface area contributed by atoms with Crippen LogP contribution in [-0.2, 0) is 0 Å². The molecule has 1 atom stereocenters. The molecule has 0 saturated carbocycles. The number of rotatable bonds is 6. The molecule has 1 unspecified atom stereocenters. The molecule has 4 nitrogen and oxygen atoms in total. The molecule has 2 rings (SSSR count). The summed E-state index contributed by atoms with van der Waals surface area (Å²) in [5.74, 6) is 0.774. The molecule has 1 aliphatic rings. The van der Waals surface area contributed by atoms with Crippen LogP contribution in [0.5, 0.6) is 5.75 Å². The van der Waals surface area contributed by atoms with Crippen LogP contribution in [0.3, 0.4) is 0 Å². The number of para-hydroxylation sites is 1. The van der Waals surface area contributed by atoms with E-state index in [4.69, 9.17) is 4.74 Å². The van der Waals surface area contributed by atoms with Crippen molar-refractivity contribution < 1.29 is 9.84 Å². The van der Waals surface area contributed by atoms with E-state index < -0.39 is 6.10 Å². The van der Waals surface area contributed by atoms with E-state index in [2.05, 4.69) is 16.7 Å². The van der Waals surface area contributed by atoms with Crippen molar-refractivity contribution in [3.8, 4) is 5.75 Å². The highest BCUT2D eigenvalue weighted by Gasteiger charge is 2.18. The van der Waals surface area contributed by atoms with Crippen LogP contribution in [-0.4, -0.2) is 61.3 Å². The molecule has 1 heterocycles. The topological polar surface area (TPSA) is 35.9 Å². The summed E-state index contributed by atoms with van der Waals surface area (Å²) in [6.07, 6.45) is 0.308. The first kappa shape index (κ1) is 15.3. The Labute approximate surface area is 122 Å². The summed E-state index contributed by atoms with van der Waals surface area (Å²) in [4.78, 5) is 4.90. The lowest BCUT2D eigenvalue weighted by Gasteiger charge is -2.34. The summed E-state index contributed by atoms with van der Waals surface area (Å²) in [6, 6.07) is 7.72. The van der Waals surface area contributed by atoms with Crippen LogP contribution in [0.25, 0.3) is 0 Å². The summed E-state index contributed by atoms with van der Waals surface area (Å²) in [5.41, 5.74) is 0.891. The van der Waals surface area contributed by atoms with Crippen molar-refractivity contribution in [2.75, 3.05) is 46.4 Å². The fourth-order valence-electron chi connectivity index (χ4n) is 2.73. The molecular weight excluding hydrogens is 252 g/mol. The predicted molar refractivity (Wildman–Crippen MR) is 81.1 cm³/mol. The molecule has 112 valence electrons. The van der Waals surface area contributed by atoms with E-state index in [1.54, 1.807) is 7.11 Å². The summed E-state index contributed by atoms with van der Waals surface area (Å²) in [6.45, 7) is 8.77. The van der Waals surface area contributed by atoms with E-state index in [9.17, 15) is 5.11 Å². The van der Waals surface area contributed by atoms with Crippen LogP contribution in [0.2, 0.25) is 0 Å². The summed E-state index contributed by atoms with van der Waals surface area (Å²) in [5, 5.41) is 10.3. The summed E-state index contributed by atoms with van der Waals surface area (Å²) in [7, 11) is 1.65. The van der Waals surface area contributed by atoms with Crippen molar-refractivity contribution in [3.05, 3.63) is 29.8 Å². The van der Waals surface area contributed by atoms with Crippen LogP contribution in [0.1, 0.15) is 25.0 Å². The Bertz CT molecular complexity index is 403. The van der Waals surface area contributed by atoms with Crippen LogP contribution in [0, 0.1) is 0 Å². The fourth-order valence-corrected chi connectivity index (χ4v) is 2.73. The van der Waals surface area contributed by atoms with Crippen LogP contribution in [0.15, 0.2) is 24.3 Å². The van der Waals surface area contributed by atoms with Gasteiger partial charge in [-0.05, 0) is 19.0 Å². The first-order valence-electron chi connectivity index (χ1n) is 7.50. The number of nitrogens with zero attached hydrogens (tertiary/aromatic N) is 2. The van der Waals surface area contributed by atoms with Gasteiger partial charge in [0.05, 0.1) is 13.2 Å². The Morgan fingerprint density at radius 1 is 1.15 bits per heavy atom. The molecule has 1 aromatic rings. The number of piperazine rings is 1. The van der Waals surface area contributed by atoms with Gasteiger partial charge in [-0.2, -0.15) is 0 Å². The third-order valence-corrected chi connectivity index (χ3v) is 4.13. The van der Waals surface area contributed by atoms with Gasteiger partial charge in [-0.15, -0.1) is 0 Å². The molecule has 1 N–H and O–H groups in total. The number of benzene rings is 1. The van der Waals surface area contributed by atoms with E-state index in [1.165, 1.54) is 0 Å². The number of hydrogen-bond donors (Lipinski definition) is 1. The van der Waals surface area contributed by atoms with Crippen molar-refractivity contribution >= 4 is 0 Å². The molecule has 1 saturated heterocycles. The van der Waals surface area contributed by atoms with Crippen molar-refractivity contribution in [2.24, 2.45) is 0 Å². The van der Waals surface area contributed by atoms with E-state index in [1.807, 2.05) is 24.3 Å². The SMILES string of the molecule is CCN1CCN(CCC(O)c2ccccc2OC)CC1. The Hall–Kier alpha value is -1.10. The zero-order valence-corrected chi connectivity index (χ0v) is 12.6. The van der Waals surface area contributed by atoms with E-state index in [0.29, 0.717) is 0 Å². The lowest BCUT2D eigenvalue weighted by molar-refractivity contribution is 0.104. The molecule has 0 aromatic heterocycles. The lowest BCUT2D eigenvalue weighted by Crippen LogP contribution is -2.46. The van der Waals surface area contributed by atoms with E-state index >= 15 is 0 Å². The van der Waals surface area contributed by atoms with Gasteiger partial charge in [0, 0.05) is 38.3 Å². The molecule has 1 aliphatic heterocycles. The second kappa shape index (κ2) is 7.62. The Morgan fingerprint density at radius 3 is 2.45 bits per heavy atom. The van der Waals surface area contributed by atoms with Crippen LogP contribution >= 0.6 is 0 Å². The molecule has 0 aliphatic carbocycles. The van der Waals surface area contributed by atoms with Crippen molar-refractivity contribution in [1.29, 1.82) is 0 Å². The second-order valence-electron chi connectivity index (χ2n) is 5.32. The van der Waals surface area contributed by atoms with Crippen molar-refractivity contribution in [2.45, 2.75) is 19.4 Å². The molecule has 0 bridgehead atoms. The third kappa shape index (κ3) is 3.95. The van der Waals surface area contributed by atoms with E-state index in [0.717, 1.165) is 57.0 Å². The number of aliphatic hydroxyl groups is 1. The normalized spacial score (nSPS) is 18.9. The van der Waals surface area contributed by atoms with Gasteiger partial charge < -0.3 is 19.6 Å². The Morgan fingerprint density at radius 2 is 1.80 bits per heavy atom. The predicted octanol–water partition coefficient (Wildman–Crippen LogP) is 1.76. The maximum absolute atomic E-state index is 10.3. The Kier molecular flexibility index (Phi) is 5.83. The lowest BCUT2D eigenvalue weighted by atomic mass is 10.1. The van der Waals surface area contributed by atoms with Gasteiger partial charge in [0.25, 0.3) is 0 Å². The second-order valence-corrected chi connectivity index (χ2v) is 5.32. The smallest absolute Gasteiger partial charge is 0.124 e. The van der Waals surface area contributed by atoms with Gasteiger partial charge in [-0.25, -0.2) is 0 Å². The van der Waals surface area contributed by atoms with E-state index in [-0.39, 0.29) is 0 Å². The van der Waals surface area contributed by atoms with Crippen molar-refractivity contribution in [3.63, 3.8) is 0 Å². The molecule has 1 aromatic carbocycles. The van der Waals surface area contributed by atoms with Gasteiger partial charge in [-0.3, -0.25) is 0 Å². The van der Waals surface area contributed by atoms with Crippen molar-refractivity contribution in [1.82, 2.24) is 9.80 Å². The minimum atomic E-state index is -0.449. The molecule has 4 heteroatoms. The molecule has 0 spiro atoms. The average molecular weight is 278 g/mol. The minimum absolute atomic E-state index is 0.449. The minimum Gasteiger partial charge on any atom is -0.496 e. The van der Waals surface area contributed by atoms with Gasteiger partial charge >= 0.3 is 0 Å². The van der Waals surface area contributed by atoms with Gasteiger partial charge in [0.1, 0.15) is 5.75 Å². The highest BCUT2D eigenvalue weighted by atomic mass is 16.5. The third-order valence-electron chi connectivity index (χ3n) is 4.13. The summed E-state index contributed by atoms with van der Waals surface area (Å²) < 4.78 is 5.31. The Balaban J connectivity index is 1.82. The highest BCUT2D eigenvalue weighted by molar-refractivity contribution is 5.34. The molecule has 1 fully saturated rings. The number of hydrogen-bond acceptors (Lipinski definition) is 4. The fraction of sp³-hybridized carbons (Fsp3) is 0.625.